The second-order valence-corrected chi connectivity index (χ2v) is 2.07. The highest BCUT2D eigenvalue weighted by Gasteiger charge is 2.07. The molecule has 0 aliphatic heterocycles. The lowest BCUT2D eigenvalue weighted by molar-refractivity contribution is -0.136. The smallest absolute Gasteiger partial charge is 0.343 e. The number of carboxylic acids is 1. The Morgan fingerprint density at radius 3 is 2.82 bits per heavy atom. The maximum Gasteiger partial charge on any atom is 0.343 e. The number of aliphatic carboxylic acids is 1. The van der Waals surface area contributed by atoms with Crippen LogP contribution in [0.15, 0.2) is 4.79 Å². The van der Waals surface area contributed by atoms with Crippen molar-refractivity contribution in [2.45, 2.75) is 6.42 Å². The van der Waals surface area contributed by atoms with Crippen LogP contribution in [0.1, 0.15) is 5.82 Å². The Labute approximate surface area is 61.5 Å². The first-order valence-electron chi connectivity index (χ1n) is 2.93. The molecule has 0 unspecified atom stereocenters. The summed E-state index contributed by atoms with van der Waals surface area (Å²) in [6.07, 6.45) is -0.241. The molecule has 1 aromatic heterocycles. The van der Waals surface area contributed by atoms with Crippen LogP contribution >= 0.6 is 0 Å². The summed E-state index contributed by atoms with van der Waals surface area (Å²) in [4.78, 5) is 20.8. The quantitative estimate of drug-likeness (QED) is 0.560. The van der Waals surface area contributed by atoms with Crippen LogP contribution in [-0.2, 0) is 18.3 Å². The molecule has 11 heavy (non-hydrogen) atoms. The van der Waals surface area contributed by atoms with Gasteiger partial charge in [0, 0.05) is 7.05 Å². The van der Waals surface area contributed by atoms with Gasteiger partial charge >= 0.3 is 11.7 Å². The number of aromatic nitrogens is 3. The summed E-state index contributed by atoms with van der Waals surface area (Å²) < 4.78 is 1.16. The van der Waals surface area contributed by atoms with Gasteiger partial charge in [-0.05, 0) is 0 Å². The van der Waals surface area contributed by atoms with E-state index in [-0.39, 0.29) is 12.2 Å². The van der Waals surface area contributed by atoms with E-state index in [2.05, 4.69) is 10.2 Å². The van der Waals surface area contributed by atoms with Crippen molar-refractivity contribution < 1.29 is 9.90 Å². The van der Waals surface area contributed by atoms with E-state index < -0.39 is 11.7 Å². The molecule has 0 aliphatic carbocycles. The highest BCUT2D eigenvalue weighted by Crippen LogP contribution is 1.87. The minimum absolute atomic E-state index is 0.225. The molecule has 0 amide bonds. The van der Waals surface area contributed by atoms with Crippen molar-refractivity contribution >= 4 is 5.97 Å². The molecule has 2 N–H and O–H groups in total. The third-order valence-corrected chi connectivity index (χ3v) is 1.28. The summed E-state index contributed by atoms with van der Waals surface area (Å²) in [6.45, 7) is 0. The number of hydrogen-bond donors (Lipinski definition) is 2. The Hall–Kier alpha value is -1.59. The molecule has 0 radical (unpaired) electrons. The first-order chi connectivity index (χ1) is 5.11. The average molecular weight is 157 g/mol. The maximum atomic E-state index is 10.7. The first-order valence-corrected chi connectivity index (χ1v) is 2.93. The molecule has 0 saturated heterocycles. The van der Waals surface area contributed by atoms with Crippen molar-refractivity contribution in [1.29, 1.82) is 0 Å². The number of hydrogen-bond acceptors (Lipinski definition) is 3. The molecule has 60 valence electrons. The van der Waals surface area contributed by atoms with Crippen LogP contribution in [0.4, 0.5) is 0 Å². The Bertz CT molecular complexity index is 324. The number of nitrogens with zero attached hydrogens (tertiary/aromatic N) is 2. The molecule has 1 rings (SSSR count). The fourth-order valence-corrected chi connectivity index (χ4v) is 0.673. The van der Waals surface area contributed by atoms with Crippen molar-refractivity contribution in [2.24, 2.45) is 7.05 Å². The molecule has 0 bridgehead atoms. The largest absolute Gasteiger partial charge is 0.481 e. The van der Waals surface area contributed by atoms with Crippen molar-refractivity contribution in [2.75, 3.05) is 0 Å². The number of aromatic amines is 1. The first kappa shape index (κ1) is 7.52. The van der Waals surface area contributed by atoms with E-state index in [1.54, 1.807) is 0 Å². The summed E-state index contributed by atoms with van der Waals surface area (Å²) in [5, 5.41) is 14.0. The normalized spacial score (nSPS) is 9.91. The van der Waals surface area contributed by atoms with Crippen LogP contribution in [0.5, 0.6) is 0 Å². The third-order valence-electron chi connectivity index (χ3n) is 1.28. The minimum Gasteiger partial charge on any atom is -0.481 e. The van der Waals surface area contributed by atoms with Gasteiger partial charge in [0.1, 0.15) is 12.2 Å². The van der Waals surface area contributed by atoms with E-state index in [9.17, 15) is 9.59 Å². The highest BCUT2D eigenvalue weighted by molar-refractivity contribution is 5.68. The Balaban J connectivity index is 2.96. The standard InChI is InChI=1S/C5H7N3O3/c1-8-3(2-4(9)10)6-7-5(8)11/h2H2,1H3,(H,7,11)(H,9,10). The lowest BCUT2D eigenvalue weighted by Crippen LogP contribution is -2.16. The van der Waals surface area contributed by atoms with Crippen LogP contribution < -0.4 is 5.69 Å². The van der Waals surface area contributed by atoms with Gasteiger partial charge in [-0.3, -0.25) is 9.36 Å². The molecule has 1 heterocycles. The van der Waals surface area contributed by atoms with Gasteiger partial charge in [0.25, 0.3) is 0 Å². The monoisotopic (exact) mass is 157 g/mol. The topological polar surface area (TPSA) is 88.0 Å². The lowest BCUT2D eigenvalue weighted by Gasteiger charge is -1.92. The molecule has 0 spiro atoms. The summed E-state index contributed by atoms with van der Waals surface area (Å²) in [7, 11) is 1.46. The Morgan fingerprint density at radius 2 is 2.45 bits per heavy atom. The summed E-state index contributed by atoms with van der Waals surface area (Å²) >= 11 is 0. The third kappa shape index (κ3) is 1.46. The number of carbonyl (C=O) groups is 1. The SMILES string of the molecule is Cn1c(CC(=O)O)n[nH]c1=O. The van der Waals surface area contributed by atoms with E-state index in [1.165, 1.54) is 7.05 Å². The van der Waals surface area contributed by atoms with Crippen LogP contribution in [0.25, 0.3) is 0 Å². The van der Waals surface area contributed by atoms with Gasteiger partial charge in [-0.2, -0.15) is 5.10 Å². The molecule has 0 atom stereocenters. The summed E-state index contributed by atoms with van der Waals surface area (Å²) in [5.41, 5.74) is -0.402. The molecule has 0 saturated carbocycles. The van der Waals surface area contributed by atoms with Gasteiger partial charge in [0.05, 0.1) is 0 Å². The van der Waals surface area contributed by atoms with E-state index in [0.29, 0.717) is 0 Å². The van der Waals surface area contributed by atoms with Gasteiger partial charge < -0.3 is 5.11 Å². The number of rotatable bonds is 2. The zero-order chi connectivity index (χ0) is 8.43. The predicted molar refractivity (Wildman–Crippen MR) is 35.2 cm³/mol. The number of H-pyrrole nitrogens is 1. The number of carboxylic acid groups (broad SMARTS) is 1. The van der Waals surface area contributed by atoms with Crippen molar-refractivity contribution in [1.82, 2.24) is 14.8 Å². The van der Waals surface area contributed by atoms with Crippen molar-refractivity contribution in [3.8, 4) is 0 Å². The van der Waals surface area contributed by atoms with E-state index >= 15 is 0 Å². The lowest BCUT2D eigenvalue weighted by atomic mass is 10.4. The highest BCUT2D eigenvalue weighted by atomic mass is 16.4. The Kier molecular flexibility index (Phi) is 1.75. The molecular weight excluding hydrogens is 150 g/mol. The fourth-order valence-electron chi connectivity index (χ4n) is 0.673. The zero-order valence-corrected chi connectivity index (χ0v) is 5.87. The Morgan fingerprint density at radius 1 is 1.82 bits per heavy atom. The molecule has 6 nitrogen and oxygen atoms in total. The number of nitrogens with one attached hydrogen (secondary N) is 1. The molecule has 0 fully saturated rings. The second-order valence-electron chi connectivity index (χ2n) is 2.07. The maximum absolute atomic E-state index is 10.7. The summed E-state index contributed by atoms with van der Waals surface area (Å²) in [5.74, 6) is -0.783. The van der Waals surface area contributed by atoms with Gasteiger partial charge in [-0.1, -0.05) is 0 Å². The molecule has 1 aromatic rings. The van der Waals surface area contributed by atoms with Gasteiger partial charge in [-0.15, -0.1) is 0 Å². The van der Waals surface area contributed by atoms with E-state index in [0.717, 1.165) is 4.57 Å². The second kappa shape index (κ2) is 2.57. The fraction of sp³-hybridized carbons (Fsp3) is 0.400. The van der Waals surface area contributed by atoms with Crippen LogP contribution in [0.2, 0.25) is 0 Å². The predicted octanol–water partition coefficient (Wildman–Crippen LogP) is -1.26. The van der Waals surface area contributed by atoms with Gasteiger partial charge in [0.2, 0.25) is 0 Å². The minimum atomic E-state index is -1.01. The van der Waals surface area contributed by atoms with E-state index in [1.807, 2.05) is 0 Å². The van der Waals surface area contributed by atoms with Crippen LogP contribution in [0.3, 0.4) is 0 Å². The van der Waals surface area contributed by atoms with Crippen molar-refractivity contribution in [3.63, 3.8) is 0 Å². The molecule has 0 aliphatic rings. The van der Waals surface area contributed by atoms with Gasteiger partial charge in [0.15, 0.2) is 0 Å². The molecular formula is C5H7N3O3. The average Bonchev–Trinajstić information content (AvgIpc) is 2.18. The molecule has 0 aromatic carbocycles. The van der Waals surface area contributed by atoms with Gasteiger partial charge in [-0.25, -0.2) is 9.89 Å². The van der Waals surface area contributed by atoms with E-state index in [4.69, 9.17) is 5.11 Å². The molecule has 6 heteroatoms. The van der Waals surface area contributed by atoms with Crippen LogP contribution in [0, 0.1) is 0 Å². The van der Waals surface area contributed by atoms with Crippen LogP contribution in [-0.4, -0.2) is 25.8 Å². The summed E-state index contributed by atoms with van der Waals surface area (Å²) in [6, 6.07) is 0. The van der Waals surface area contributed by atoms with Crippen molar-refractivity contribution in [3.05, 3.63) is 16.3 Å². The zero-order valence-electron chi connectivity index (χ0n) is 5.87.